The fraction of sp³-hybridized carbons (Fsp3) is 0.312. The summed E-state index contributed by atoms with van der Waals surface area (Å²) in [5.41, 5.74) is 6.24. The van der Waals surface area contributed by atoms with Crippen LogP contribution in [0.5, 0.6) is 0 Å². The number of benzene rings is 1. The van der Waals surface area contributed by atoms with Crippen molar-refractivity contribution in [1.29, 1.82) is 0 Å². The van der Waals surface area contributed by atoms with Crippen molar-refractivity contribution in [2.75, 3.05) is 7.11 Å². The van der Waals surface area contributed by atoms with E-state index < -0.39 is 0 Å². The van der Waals surface area contributed by atoms with Crippen molar-refractivity contribution in [3.63, 3.8) is 0 Å². The molecule has 1 aromatic heterocycles. The third-order valence-electron chi connectivity index (χ3n) is 3.21. The van der Waals surface area contributed by atoms with Crippen LogP contribution in [0.2, 0.25) is 0 Å². The van der Waals surface area contributed by atoms with E-state index in [4.69, 9.17) is 4.84 Å². The minimum absolute atomic E-state index is 0.851. The van der Waals surface area contributed by atoms with Crippen LogP contribution >= 0.6 is 0 Å². The monoisotopic (exact) mass is 271 g/mol. The Morgan fingerprint density at radius 1 is 1.40 bits per heavy atom. The summed E-state index contributed by atoms with van der Waals surface area (Å²) in [6.45, 7) is 5.03. The van der Waals surface area contributed by atoms with Gasteiger partial charge in [0, 0.05) is 12.7 Å². The van der Waals surface area contributed by atoms with Crippen LogP contribution in [0.15, 0.2) is 48.2 Å². The first-order valence-electron chi connectivity index (χ1n) is 6.73. The summed E-state index contributed by atoms with van der Waals surface area (Å²) in [5.74, 6) is 1.05. The number of nitrogens with one attached hydrogen (secondary N) is 1. The largest absolute Gasteiger partial charge is 0.324 e. The maximum atomic E-state index is 4.74. The van der Waals surface area contributed by atoms with Crippen molar-refractivity contribution >= 4 is 11.0 Å². The van der Waals surface area contributed by atoms with E-state index >= 15 is 0 Å². The molecule has 4 nitrogen and oxygen atoms in total. The standard InChI is InChI=1S/C16H21N3O/c1-13(7-6-11-17-20-3)10-12-19-14(2)18-15-8-4-5-9-16(15)19/h4-6,8-11,17H,7,12H2,1-3H3. The van der Waals surface area contributed by atoms with E-state index in [0.717, 1.165) is 24.3 Å². The number of aromatic nitrogens is 2. The minimum atomic E-state index is 0.851. The second-order valence-corrected chi connectivity index (χ2v) is 4.74. The van der Waals surface area contributed by atoms with E-state index in [1.165, 1.54) is 11.1 Å². The van der Waals surface area contributed by atoms with Gasteiger partial charge >= 0.3 is 0 Å². The van der Waals surface area contributed by atoms with Crippen molar-refractivity contribution in [3.05, 3.63) is 54.0 Å². The minimum Gasteiger partial charge on any atom is -0.324 e. The number of fused-ring (bicyclic) bond motifs is 1. The molecule has 1 heterocycles. The van der Waals surface area contributed by atoms with Gasteiger partial charge in [-0.05, 0) is 32.4 Å². The Morgan fingerprint density at radius 2 is 2.20 bits per heavy atom. The van der Waals surface area contributed by atoms with Crippen LogP contribution in [0.4, 0.5) is 0 Å². The zero-order chi connectivity index (χ0) is 14.4. The Morgan fingerprint density at radius 3 is 3.00 bits per heavy atom. The van der Waals surface area contributed by atoms with Gasteiger partial charge in [0.05, 0.1) is 18.1 Å². The predicted octanol–water partition coefficient (Wildman–Crippen LogP) is 3.35. The van der Waals surface area contributed by atoms with E-state index in [9.17, 15) is 0 Å². The number of hydrogen-bond donors (Lipinski definition) is 1. The molecule has 2 aromatic rings. The van der Waals surface area contributed by atoms with E-state index in [-0.39, 0.29) is 0 Å². The lowest BCUT2D eigenvalue weighted by Crippen LogP contribution is -2.00. The molecule has 1 aromatic carbocycles. The number of allylic oxidation sites excluding steroid dienone is 3. The molecule has 4 heteroatoms. The third kappa shape index (κ3) is 3.48. The number of hydroxylamine groups is 1. The van der Waals surface area contributed by atoms with Crippen LogP contribution in [-0.2, 0) is 11.4 Å². The van der Waals surface area contributed by atoms with E-state index in [1.807, 2.05) is 19.1 Å². The summed E-state index contributed by atoms with van der Waals surface area (Å²) in [6, 6.07) is 8.24. The summed E-state index contributed by atoms with van der Waals surface area (Å²) in [5, 5.41) is 0. The number of aryl methyl sites for hydroxylation is 1. The van der Waals surface area contributed by atoms with Crippen LogP contribution in [0.3, 0.4) is 0 Å². The van der Waals surface area contributed by atoms with Crippen LogP contribution < -0.4 is 5.48 Å². The highest BCUT2D eigenvalue weighted by Crippen LogP contribution is 2.16. The molecule has 0 unspecified atom stereocenters. The first kappa shape index (κ1) is 14.3. The quantitative estimate of drug-likeness (QED) is 0.647. The SMILES string of the molecule is CONC=CCC(C)=CCn1c(C)nc2ccccc21. The van der Waals surface area contributed by atoms with E-state index in [2.05, 4.69) is 46.2 Å². The van der Waals surface area contributed by atoms with Gasteiger partial charge in [0.2, 0.25) is 0 Å². The second kappa shape index (κ2) is 6.91. The number of rotatable bonds is 6. The highest BCUT2D eigenvalue weighted by Gasteiger charge is 2.04. The van der Waals surface area contributed by atoms with Gasteiger partial charge in [-0.3, -0.25) is 10.3 Å². The molecule has 0 saturated heterocycles. The number of imidazole rings is 1. The molecule has 0 saturated carbocycles. The molecule has 0 aliphatic heterocycles. The highest BCUT2D eigenvalue weighted by atomic mass is 16.6. The summed E-state index contributed by atoms with van der Waals surface area (Å²) in [7, 11) is 1.60. The molecule has 1 N–H and O–H groups in total. The van der Waals surface area contributed by atoms with Gasteiger partial charge in [-0.2, -0.15) is 0 Å². The molecular formula is C16H21N3O. The second-order valence-electron chi connectivity index (χ2n) is 4.74. The lowest BCUT2D eigenvalue weighted by molar-refractivity contribution is 0.128. The van der Waals surface area contributed by atoms with Gasteiger partial charge in [-0.25, -0.2) is 4.98 Å². The fourth-order valence-electron chi connectivity index (χ4n) is 2.12. The first-order valence-corrected chi connectivity index (χ1v) is 6.73. The number of para-hydroxylation sites is 2. The molecule has 106 valence electrons. The Hall–Kier alpha value is -2.07. The molecular weight excluding hydrogens is 250 g/mol. The van der Waals surface area contributed by atoms with Crippen molar-refractivity contribution < 1.29 is 4.84 Å². The molecule has 0 bridgehead atoms. The Balaban J connectivity index is 2.06. The van der Waals surface area contributed by atoms with Crippen molar-refractivity contribution in [3.8, 4) is 0 Å². The molecule has 0 atom stereocenters. The Kier molecular flexibility index (Phi) is 4.96. The lowest BCUT2D eigenvalue weighted by Gasteiger charge is -2.04. The smallest absolute Gasteiger partial charge is 0.107 e. The summed E-state index contributed by atoms with van der Waals surface area (Å²) >= 11 is 0. The first-order chi connectivity index (χ1) is 9.72. The normalized spacial score (nSPS) is 12.4. The number of nitrogens with zero attached hydrogens (tertiary/aromatic N) is 2. The Labute approximate surface area is 119 Å². The predicted molar refractivity (Wildman–Crippen MR) is 82.1 cm³/mol. The summed E-state index contributed by atoms with van der Waals surface area (Å²) in [4.78, 5) is 9.31. The van der Waals surface area contributed by atoms with Crippen LogP contribution in [0.1, 0.15) is 19.2 Å². The molecule has 20 heavy (non-hydrogen) atoms. The highest BCUT2D eigenvalue weighted by molar-refractivity contribution is 5.75. The molecule has 0 fully saturated rings. The molecule has 0 radical (unpaired) electrons. The Bertz CT molecular complexity index is 626. The van der Waals surface area contributed by atoms with Gasteiger partial charge in [-0.15, -0.1) is 0 Å². The molecule has 0 amide bonds. The maximum absolute atomic E-state index is 4.74. The topological polar surface area (TPSA) is 39.1 Å². The molecule has 2 rings (SSSR count). The lowest BCUT2D eigenvalue weighted by atomic mass is 10.2. The van der Waals surface area contributed by atoms with Gasteiger partial charge in [0.25, 0.3) is 0 Å². The fourth-order valence-corrected chi connectivity index (χ4v) is 2.12. The zero-order valence-corrected chi connectivity index (χ0v) is 12.3. The van der Waals surface area contributed by atoms with Gasteiger partial charge in [-0.1, -0.05) is 29.9 Å². The van der Waals surface area contributed by atoms with Crippen LogP contribution in [0.25, 0.3) is 11.0 Å². The summed E-state index contributed by atoms with van der Waals surface area (Å²) in [6.07, 6.45) is 6.98. The average Bonchev–Trinajstić information content (AvgIpc) is 2.77. The maximum Gasteiger partial charge on any atom is 0.107 e. The third-order valence-corrected chi connectivity index (χ3v) is 3.21. The van der Waals surface area contributed by atoms with Crippen LogP contribution in [-0.4, -0.2) is 16.7 Å². The van der Waals surface area contributed by atoms with Crippen molar-refractivity contribution in [2.45, 2.75) is 26.8 Å². The molecule has 0 aliphatic rings. The molecule has 0 spiro atoms. The van der Waals surface area contributed by atoms with Crippen LogP contribution in [0, 0.1) is 6.92 Å². The molecule has 0 aliphatic carbocycles. The van der Waals surface area contributed by atoms with Crippen molar-refractivity contribution in [1.82, 2.24) is 15.0 Å². The number of hydrogen-bond acceptors (Lipinski definition) is 3. The van der Waals surface area contributed by atoms with E-state index in [0.29, 0.717) is 0 Å². The van der Waals surface area contributed by atoms with Gasteiger partial charge in [0.15, 0.2) is 0 Å². The van der Waals surface area contributed by atoms with Gasteiger partial charge in [0.1, 0.15) is 5.82 Å². The zero-order valence-electron chi connectivity index (χ0n) is 12.3. The van der Waals surface area contributed by atoms with Crippen molar-refractivity contribution in [2.24, 2.45) is 0 Å². The van der Waals surface area contributed by atoms with Gasteiger partial charge < -0.3 is 4.57 Å². The summed E-state index contributed by atoms with van der Waals surface area (Å²) < 4.78 is 2.23. The average molecular weight is 271 g/mol. The van der Waals surface area contributed by atoms with E-state index in [1.54, 1.807) is 13.3 Å².